The Morgan fingerprint density at radius 3 is 2.52 bits per heavy atom. The van der Waals surface area contributed by atoms with Crippen molar-refractivity contribution in [2.24, 2.45) is 5.73 Å². The molecule has 3 N–H and O–H groups in total. The van der Waals surface area contributed by atoms with Crippen LogP contribution in [0.3, 0.4) is 0 Å². The van der Waals surface area contributed by atoms with Gasteiger partial charge in [-0.3, -0.25) is 9.78 Å². The second-order valence-electron chi connectivity index (χ2n) is 4.87. The lowest BCUT2D eigenvalue weighted by atomic mass is 10.1. The third kappa shape index (κ3) is 4.00. The molecule has 1 aromatic heterocycles. The third-order valence-electron chi connectivity index (χ3n) is 3.13. The second kappa shape index (κ2) is 6.81. The van der Waals surface area contributed by atoms with Crippen LogP contribution in [-0.2, 0) is 0 Å². The normalized spacial score (nSPS) is 11.6. The van der Waals surface area contributed by atoms with Gasteiger partial charge in [-0.1, -0.05) is 36.4 Å². The summed E-state index contributed by atoms with van der Waals surface area (Å²) >= 11 is 0. The number of nitrogens with zero attached hydrogens (tertiary/aromatic N) is 1. The number of aromatic amines is 1. The molecule has 21 heavy (non-hydrogen) atoms. The molecule has 2 aromatic rings. The van der Waals surface area contributed by atoms with Gasteiger partial charge in [-0.25, -0.2) is 0 Å². The van der Waals surface area contributed by atoms with Gasteiger partial charge >= 0.3 is 0 Å². The molecule has 1 aromatic carbocycles. The minimum Gasteiger partial charge on any atom is -0.329 e. The lowest BCUT2D eigenvalue weighted by Crippen LogP contribution is -2.07. The van der Waals surface area contributed by atoms with Gasteiger partial charge in [0.1, 0.15) is 0 Å². The van der Waals surface area contributed by atoms with Crippen molar-refractivity contribution < 1.29 is 0 Å². The summed E-state index contributed by atoms with van der Waals surface area (Å²) in [6.45, 7) is 3.81. The molecule has 0 radical (unpaired) electrons. The smallest absolute Gasteiger partial charge is 0.250 e. The summed E-state index contributed by atoms with van der Waals surface area (Å²) in [5.74, 6) is 0. The molecule has 0 amide bonds. The number of benzene rings is 1. The van der Waals surface area contributed by atoms with Crippen LogP contribution in [0.1, 0.15) is 24.2 Å². The fourth-order valence-electron chi connectivity index (χ4n) is 2.08. The average molecular weight is 281 g/mol. The Balaban J connectivity index is 2.77. The summed E-state index contributed by atoms with van der Waals surface area (Å²) in [6.07, 6.45) is 1.60. The monoisotopic (exact) mass is 281 g/mol. The Kier molecular flexibility index (Phi) is 4.85. The van der Waals surface area contributed by atoms with Crippen LogP contribution >= 0.6 is 0 Å². The molecule has 4 heteroatoms. The molecule has 0 aliphatic carbocycles. The van der Waals surface area contributed by atoms with Gasteiger partial charge < -0.3 is 10.7 Å². The highest BCUT2D eigenvalue weighted by atomic mass is 16.1. The van der Waals surface area contributed by atoms with E-state index >= 15 is 0 Å². The molecule has 0 fully saturated rings. The van der Waals surface area contributed by atoms with Crippen molar-refractivity contribution in [3.63, 3.8) is 0 Å². The maximum Gasteiger partial charge on any atom is 0.250 e. The van der Waals surface area contributed by atoms with Crippen LogP contribution in [0.4, 0.5) is 0 Å². The van der Waals surface area contributed by atoms with Crippen LogP contribution in [0.5, 0.6) is 0 Å². The summed E-state index contributed by atoms with van der Waals surface area (Å²) in [5.41, 5.74) is 9.03. The fourth-order valence-corrected chi connectivity index (χ4v) is 2.08. The van der Waals surface area contributed by atoms with Crippen LogP contribution in [-0.4, -0.2) is 9.97 Å². The number of nitrogens with one attached hydrogen (secondary N) is 1. The van der Waals surface area contributed by atoms with Crippen molar-refractivity contribution >= 4 is 0 Å². The molecule has 1 unspecified atom stereocenters. The molecule has 108 valence electrons. The van der Waals surface area contributed by atoms with Crippen molar-refractivity contribution in [2.45, 2.75) is 19.9 Å². The summed E-state index contributed by atoms with van der Waals surface area (Å²) in [5, 5.41) is 0. The molecule has 0 aliphatic rings. The summed E-state index contributed by atoms with van der Waals surface area (Å²) in [7, 11) is 0. The lowest BCUT2D eigenvalue weighted by Gasteiger charge is -2.07. The number of H-pyrrole nitrogens is 1. The second-order valence-corrected chi connectivity index (χ2v) is 4.87. The van der Waals surface area contributed by atoms with E-state index in [1.807, 2.05) is 50.2 Å². The van der Waals surface area contributed by atoms with E-state index in [1.54, 1.807) is 12.3 Å². The number of hydrogen-bond acceptors (Lipinski definition) is 3. The number of hydrogen-bond donors (Lipinski definition) is 2. The molecule has 1 atom stereocenters. The first-order chi connectivity index (χ1) is 10.1. The van der Waals surface area contributed by atoms with E-state index in [0.717, 1.165) is 16.8 Å². The van der Waals surface area contributed by atoms with Crippen LogP contribution in [0.15, 0.2) is 59.5 Å². The molecule has 0 saturated heterocycles. The lowest BCUT2D eigenvalue weighted by molar-refractivity contribution is 0.803. The molecule has 4 nitrogen and oxygen atoms in total. The van der Waals surface area contributed by atoms with E-state index < -0.39 is 0 Å². The summed E-state index contributed by atoms with van der Waals surface area (Å²) in [4.78, 5) is 19.1. The molecule has 0 saturated carbocycles. The van der Waals surface area contributed by atoms with Crippen molar-refractivity contribution in [1.29, 1.82) is 0 Å². The van der Waals surface area contributed by atoms with E-state index in [0.29, 0.717) is 5.69 Å². The standard InChI is InChI=1S/C17H19N3O/c1-12(18)15-9-6-10-19-17(21)11-16(20-13(15)2)14-7-4-3-5-8-14/h3-12H,18H2,1-2H3,(H,19,21). The number of aromatic nitrogens is 2. The van der Waals surface area contributed by atoms with Gasteiger partial charge in [-0.2, -0.15) is 0 Å². The summed E-state index contributed by atoms with van der Waals surface area (Å²) in [6, 6.07) is 14.6. The molecule has 0 aliphatic heterocycles. The molecule has 0 spiro atoms. The van der Waals surface area contributed by atoms with E-state index in [1.165, 1.54) is 6.07 Å². The average Bonchev–Trinajstić information content (AvgIpc) is 2.46. The molecular weight excluding hydrogens is 262 g/mol. The first kappa shape index (κ1) is 14.9. The largest absolute Gasteiger partial charge is 0.329 e. The van der Waals surface area contributed by atoms with Gasteiger partial charge in [-0.05, 0) is 25.5 Å². The zero-order valence-corrected chi connectivity index (χ0v) is 12.2. The van der Waals surface area contributed by atoms with Crippen molar-refractivity contribution in [3.8, 4) is 11.3 Å². The van der Waals surface area contributed by atoms with Crippen LogP contribution < -0.4 is 11.3 Å². The minimum absolute atomic E-state index is 0.134. The van der Waals surface area contributed by atoms with E-state index in [2.05, 4.69) is 9.97 Å². The predicted molar refractivity (Wildman–Crippen MR) is 85.3 cm³/mol. The van der Waals surface area contributed by atoms with E-state index in [-0.39, 0.29) is 11.6 Å². The van der Waals surface area contributed by atoms with E-state index in [4.69, 9.17) is 5.73 Å². The van der Waals surface area contributed by atoms with Crippen molar-refractivity contribution in [2.75, 3.05) is 0 Å². The molecule has 2 rings (SSSR count). The Hall–Kier alpha value is -2.46. The Morgan fingerprint density at radius 1 is 1.14 bits per heavy atom. The summed E-state index contributed by atoms with van der Waals surface area (Å²) < 4.78 is 0. The molecular formula is C17H19N3O. The zero-order chi connectivity index (χ0) is 15.2. The Morgan fingerprint density at radius 2 is 1.86 bits per heavy atom. The quantitative estimate of drug-likeness (QED) is 0.889. The third-order valence-corrected chi connectivity index (χ3v) is 3.13. The topological polar surface area (TPSA) is 71.8 Å². The highest BCUT2D eigenvalue weighted by Gasteiger charge is 2.04. The van der Waals surface area contributed by atoms with Gasteiger partial charge in [-0.15, -0.1) is 0 Å². The first-order valence-electron chi connectivity index (χ1n) is 6.83. The Labute approximate surface area is 124 Å². The van der Waals surface area contributed by atoms with Gasteiger partial charge in [0.05, 0.1) is 5.69 Å². The SMILES string of the molecule is Cc1nc(-c2ccccc2)cc(=O)[nH]cccc1C(C)N. The molecule has 1 heterocycles. The van der Waals surface area contributed by atoms with Gasteiger partial charge in [0.2, 0.25) is 5.56 Å². The molecule has 0 bridgehead atoms. The van der Waals surface area contributed by atoms with Crippen LogP contribution in [0, 0.1) is 6.92 Å². The maximum absolute atomic E-state index is 11.9. The van der Waals surface area contributed by atoms with Crippen LogP contribution in [0.25, 0.3) is 11.3 Å². The van der Waals surface area contributed by atoms with Crippen molar-refractivity contribution in [3.05, 3.63) is 76.3 Å². The Bertz CT molecular complexity index is 720. The van der Waals surface area contributed by atoms with Gasteiger partial charge in [0, 0.05) is 29.6 Å². The van der Waals surface area contributed by atoms with Crippen LogP contribution in [0.2, 0.25) is 0 Å². The number of aryl methyl sites for hydroxylation is 1. The predicted octanol–water partition coefficient (Wildman–Crippen LogP) is 2.89. The minimum atomic E-state index is -0.209. The number of rotatable bonds is 2. The first-order valence-corrected chi connectivity index (χ1v) is 6.83. The highest BCUT2D eigenvalue weighted by molar-refractivity contribution is 5.58. The zero-order valence-electron chi connectivity index (χ0n) is 12.2. The highest BCUT2D eigenvalue weighted by Crippen LogP contribution is 2.16. The maximum atomic E-state index is 11.9. The fraction of sp³-hybridized carbons (Fsp3) is 0.176. The number of nitrogens with two attached hydrogens (primary N) is 1. The van der Waals surface area contributed by atoms with Crippen molar-refractivity contribution in [1.82, 2.24) is 9.97 Å². The van der Waals surface area contributed by atoms with E-state index in [9.17, 15) is 4.79 Å². The van der Waals surface area contributed by atoms with Gasteiger partial charge in [0.15, 0.2) is 0 Å². The van der Waals surface area contributed by atoms with Gasteiger partial charge in [0.25, 0.3) is 0 Å².